The molecule has 126 valence electrons. The summed E-state index contributed by atoms with van der Waals surface area (Å²) in [7, 11) is 0. The third kappa shape index (κ3) is 4.10. The summed E-state index contributed by atoms with van der Waals surface area (Å²) in [6.45, 7) is 4.43. The number of aromatic nitrogens is 2. The van der Waals surface area contributed by atoms with Crippen molar-refractivity contribution in [3.63, 3.8) is 0 Å². The molecule has 1 saturated heterocycles. The van der Waals surface area contributed by atoms with Gasteiger partial charge in [0.15, 0.2) is 0 Å². The molecule has 3 rings (SSSR count). The zero-order valence-corrected chi connectivity index (χ0v) is 14.2. The van der Waals surface area contributed by atoms with E-state index in [-0.39, 0.29) is 5.91 Å². The maximum absolute atomic E-state index is 12.6. The summed E-state index contributed by atoms with van der Waals surface area (Å²) in [5.41, 5.74) is 2.93. The highest BCUT2D eigenvalue weighted by Crippen LogP contribution is 2.15. The molecule has 0 unspecified atom stereocenters. The monoisotopic (exact) mass is 324 g/mol. The number of nitrogens with one attached hydrogen (secondary N) is 1. The third-order valence-electron chi connectivity index (χ3n) is 4.50. The molecule has 0 radical (unpaired) electrons. The molecule has 0 atom stereocenters. The van der Waals surface area contributed by atoms with E-state index in [4.69, 9.17) is 0 Å². The fraction of sp³-hybridized carbons (Fsp3) is 0.421. The molecule has 1 aliphatic rings. The number of amides is 1. The van der Waals surface area contributed by atoms with Gasteiger partial charge in [-0.3, -0.25) is 4.79 Å². The van der Waals surface area contributed by atoms with Crippen LogP contribution in [-0.4, -0.2) is 33.9 Å². The first-order valence-corrected chi connectivity index (χ1v) is 8.64. The topological polar surface area (TPSA) is 58.1 Å². The molecular formula is C19H24N4O. The van der Waals surface area contributed by atoms with Crippen LogP contribution in [0.2, 0.25) is 0 Å². The summed E-state index contributed by atoms with van der Waals surface area (Å²) in [6.07, 6.45) is 6.03. The van der Waals surface area contributed by atoms with Crippen LogP contribution in [0.15, 0.2) is 36.7 Å². The van der Waals surface area contributed by atoms with Gasteiger partial charge in [-0.15, -0.1) is 0 Å². The van der Waals surface area contributed by atoms with Gasteiger partial charge in [-0.05, 0) is 30.9 Å². The third-order valence-corrected chi connectivity index (χ3v) is 4.50. The van der Waals surface area contributed by atoms with Crippen LogP contribution in [0.5, 0.6) is 0 Å². The molecule has 2 heterocycles. The van der Waals surface area contributed by atoms with Crippen molar-refractivity contribution < 1.29 is 4.79 Å². The van der Waals surface area contributed by atoms with Crippen LogP contribution in [-0.2, 0) is 6.54 Å². The van der Waals surface area contributed by atoms with Crippen LogP contribution in [0.1, 0.15) is 47.3 Å². The second kappa shape index (κ2) is 7.90. The molecule has 0 saturated carbocycles. The fourth-order valence-corrected chi connectivity index (χ4v) is 3.00. The first kappa shape index (κ1) is 16.4. The molecule has 0 aliphatic carbocycles. The van der Waals surface area contributed by atoms with Gasteiger partial charge in [0.1, 0.15) is 17.8 Å². The van der Waals surface area contributed by atoms with Crippen molar-refractivity contribution in [3.05, 3.63) is 53.5 Å². The van der Waals surface area contributed by atoms with Gasteiger partial charge in [0.05, 0.1) is 0 Å². The lowest BCUT2D eigenvalue weighted by Crippen LogP contribution is -2.32. The van der Waals surface area contributed by atoms with E-state index in [1.807, 2.05) is 17.0 Å². The Kier molecular flexibility index (Phi) is 5.41. The van der Waals surface area contributed by atoms with Crippen LogP contribution >= 0.6 is 0 Å². The van der Waals surface area contributed by atoms with Gasteiger partial charge in [0.25, 0.3) is 5.91 Å². The average Bonchev–Trinajstić information content (AvgIpc) is 2.90. The highest BCUT2D eigenvalue weighted by molar-refractivity contribution is 5.92. The Balaban J connectivity index is 1.67. The molecule has 5 nitrogen and oxygen atoms in total. The van der Waals surface area contributed by atoms with E-state index in [2.05, 4.69) is 34.3 Å². The Labute approximate surface area is 143 Å². The SMILES string of the molecule is Cc1ccccc1CNc1cc(C(=O)N2CCCCCC2)ncn1. The van der Waals surface area contributed by atoms with Crippen molar-refractivity contribution >= 4 is 11.7 Å². The zero-order valence-electron chi connectivity index (χ0n) is 14.2. The molecule has 1 fully saturated rings. The number of hydrogen-bond donors (Lipinski definition) is 1. The quantitative estimate of drug-likeness (QED) is 0.936. The number of carbonyl (C=O) groups excluding carboxylic acids is 1. The highest BCUT2D eigenvalue weighted by Gasteiger charge is 2.18. The maximum Gasteiger partial charge on any atom is 0.272 e. The number of anilines is 1. The first-order chi connectivity index (χ1) is 11.7. The van der Waals surface area contributed by atoms with E-state index >= 15 is 0 Å². The number of benzene rings is 1. The molecule has 0 bridgehead atoms. The molecule has 5 heteroatoms. The zero-order chi connectivity index (χ0) is 16.8. The number of aryl methyl sites for hydroxylation is 1. The predicted octanol–water partition coefficient (Wildman–Crippen LogP) is 3.41. The first-order valence-electron chi connectivity index (χ1n) is 8.64. The maximum atomic E-state index is 12.6. The summed E-state index contributed by atoms with van der Waals surface area (Å²) in [5, 5.41) is 3.29. The number of likely N-dealkylation sites (tertiary alicyclic amines) is 1. The molecule has 1 aliphatic heterocycles. The second-order valence-electron chi connectivity index (χ2n) is 6.27. The Bertz CT molecular complexity index is 693. The van der Waals surface area contributed by atoms with Gasteiger partial charge in [-0.1, -0.05) is 37.1 Å². The van der Waals surface area contributed by atoms with Gasteiger partial charge in [-0.25, -0.2) is 9.97 Å². The lowest BCUT2D eigenvalue weighted by atomic mass is 10.1. The molecular weight excluding hydrogens is 300 g/mol. The molecule has 0 spiro atoms. The Morgan fingerprint density at radius 1 is 1.12 bits per heavy atom. The van der Waals surface area contributed by atoms with Crippen molar-refractivity contribution in [1.82, 2.24) is 14.9 Å². The van der Waals surface area contributed by atoms with E-state index in [0.717, 1.165) is 25.9 Å². The summed E-state index contributed by atoms with van der Waals surface area (Å²) < 4.78 is 0. The molecule has 1 N–H and O–H groups in total. The largest absolute Gasteiger partial charge is 0.366 e. The average molecular weight is 324 g/mol. The smallest absolute Gasteiger partial charge is 0.272 e. The molecule has 2 aromatic rings. The summed E-state index contributed by atoms with van der Waals surface area (Å²) in [5.74, 6) is 0.699. The van der Waals surface area contributed by atoms with Crippen molar-refractivity contribution in [2.75, 3.05) is 18.4 Å². The van der Waals surface area contributed by atoms with Gasteiger partial charge in [0, 0.05) is 25.7 Å². The van der Waals surface area contributed by atoms with Crippen molar-refractivity contribution in [2.24, 2.45) is 0 Å². The standard InChI is InChI=1S/C19H24N4O/c1-15-8-4-5-9-16(15)13-20-18-12-17(21-14-22-18)19(24)23-10-6-2-3-7-11-23/h4-5,8-9,12,14H,2-3,6-7,10-11,13H2,1H3,(H,20,21,22). The van der Waals surface area contributed by atoms with Crippen LogP contribution in [0, 0.1) is 6.92 Å². The van der Waals surface area contributed by atoms with Gasteiger partial charge in [-0.2, -0.15) is 0 Å². The highest BCUT2D eigenvalue weighted by atomic mass is 16.2. The van der Waals surface area contributed by atoms with Crippen molar-refractivity contribution in [1.29, 1.82) is 0 Å². The number of carbonyl (C=O) groups is 1. The van der Waals surface area contributed by atoms with E-state index in [9.17, 15) is 4.79 Å². The number of rotatable bonds is 4. The fourth-order valence-electron chi connectivity index (χ4n) is 3.00. The van der Waals surface area contributed by atoms with Gasteiger partial charge in [0.2, 0.25) is 0 Å². The minimum Gasteiger partial charge on any atom is -0.366 e. The number of hydrogen-bond acceptors (Lipinski definition) is 4. The summed E-state index contributed by atoms with van der Waals surface area (Å²) in [4.78, 5) is 23.0. The lowest BCUT2D eigenvalue weighted by molar-refractivity contribution is 0.0755. The second-order valence-corrected chi connectivity index (χ2v) is 6.27. The van der Waals surface area contributed by atoms with Crippen LogP contribution in [0.4, 0.5) is 5.82 Å². The van der Waals surface area contributed by atoms with Crippen LogP contribution in [0.25, 0.3) is 0 Å². The molecule has 1 aromatic heterocycles. The minimum atomic E-state index is 0.0123. The Morgan fingerprint density at radius 3 is 2.62 bits per heavy atom. The van der Waals surface area contributed by atoms with E-state index in [0.29, 0.717) is 18.1 Å². The predicted molar refractivity (Wildman–Crippen MR) is 94.9 cm³/mol. The van der Waals surface area contributed by atoms with Gasteiger partial charge < -0.3 is 10.2 Å². The molecule has 24 heavy (non-hydrogen) atoms. The van der Waals surface area contributed by atoms with Gasteiger partial charge >= 0.3 is 0 Å². The summed E-state index contributed by atoms with van der Waals surface area (Å²) >= 11 is 0. The van der Waals surface area contributed by atoms with Crippen molar-refractivity contribution in [3.8, 4) is 0 Å². The Morgan fingerprint density at radius 2 is 1.88 bits per heavy atom. The molecule has 1 aromatic carbocycles. The number of nitrogens with zero attached hydrogens (tertiary/aromatic N) is 3. The van der Waals surface area contributed by atoms with E-state index < -0.39 is 0 Å². The van der Waals surface area contributed by atoms with E-state index in [1.54, 1.807) is 6.07 Å². The summed E-state index contributed by atoms with van der Waals surface area (Å²) in [6, 6.07) is 9.99. The Hall–Kier alpha value is -2.43. The minimum absolute atomic E-state index is 0.0123. The normalized spacial score (nSPS) is 15.0. The molecule has 1 amide bonds. The van der Waals surface area contributed by atoms with Crippen molar-refractivity contribution in [2.45, 2.75) is 39.2 Å². The van der Waals surface area contributed by atoms with E-state index in [1.165, 1.54) is 30.3 Å². The van der Waals surface area contributed by atoms with Crippen LogP contribution in [0.3, 0.4) is 0 Å². The van der Waals surface area contributed by atoms with Crippen LogP contribution < -0.4 is 5.32 Å². The lowest BCUT2D eigenvalue weighted by Gasteiger charge is -2.19.